The van der Waals surface area contributed by atoms with Crippen molar-refractivity contribution in [1.82, 2.24) is 21.3 Å². The molecule has 0 aliphatic rings. The number of rotatable bonds is 20. The van der Waals surface area contributed by atoms with Crippen molar-refractivity contribution in [3.8, 4) is 0 Å². The Morgan fingerprint density at radius 2 is 0.909 bits per heavy atom. The van der Waals surface area contributed by atoms with Crippen LogP contribution in [0.25, 0.3) is 0 Å². The van der Waals surface area contributed by atoms with Crippen LogP contribution >= 0.6 is 0 Å². The van der Waals surface area contributed by atoms with E-state index in [1.165, 1.54) is 56.1 Å². The molecule has 0 saturated carbocycles. The fraction of sp³-hybridized carbons (Fsp3) is 0.586. The minimum absolute atomic E-state index is 0.549. The lowest BCUT2D eigenvalue weighted by atomic mass is 10.1. The molecule has 2 aromatic rings. The van der Waals surface area contributed by atoms with E-state index in [4.69, 9.17) is 0 Å². The highest BCUT2D eigenvalue weighted by atomic mass is 14.9. The number of unbranched alkanes of at least 4 members (excludes halogenated alkanes) is 4. The maximum absolute atomic E-state index is 3.61. The quantitative estimate of drug-likeness (QED) is 0.207. The highest BCUT2D eigenvalue weighted by molar-refractivity contribution is 5.15. The molecule has 2 rings (SSSR count). The van der Waals surface area contributed by atoms with Crippen LogP contribution < -0.4 is 21.3 Å². The Bertz CT molecular complexity index is 617. The van der Waals surface area contributed by atoms with Gasteiger partial charge in [0.15, 0.2) is 0 Å². The summed E-state index contributed by atoms with van der Waals surface area (Å²) >= 11 is 0. The largest absolute Gasteiger partial charge is 0.317 e. The fourth-order valence-corrected chi connectivity index (χ4v) is 3.90. The fourth-order valence-electron chi connectivity index (χ4n) is 3.90. The zero-order chi connectivity index (χ0) is 23.4. The van der Waals surface area contributed by atoms with Crippen LogP contribution in [0, 0.1) is 0 Å². The van der Waals surface area contributed by atoms with E-state index in [1.54, 1.807) is 0 Å². The van der Waals surface area contributed by atoms with Crippen LogP contribution in [0.2, 0.25) is 0 Å². The minimum Gasteiger partial charge on any atom is -0.317 e. The van der Waals surface area contributed by atoms with E-state index >= 15 is 0 Å². The van der Waals surface area contributed by atoms with Crippen molar-refractivity contribution >= 4 is 0 Å². The van der Waals surface area contributed by atoms with E-state index in [2.05, 4.69) is 95.8 Å². The standard InChI is InChI=1S/C29H48N4/c1-26(32-24-28-14-8-6-9-15-28)18-22-30-20-12-4-3-5-13-21-31-23-19-27(2)33-25-29-16-10-7-11-17-29/h6-11,14-17,26-27,30-33H,3-5,12-13,18-25H2,1-2H3. The topological polar surface area (TPSA) is 48.1 Å². The number of nitrogens with one attached hydrogen (secondary N) is 4. The minimum atomic E-state index is 0.549. The summed E-state index contributed by atoms with van der Waals surface area (Å²) in [4.78, 5) is 0. The highest BCUT2D eigenvalue weighted by Crippen LogP contribution is 2.03. The molecule has 2 aromatic carbocycles. The molecule has 0 aliphatic carbocycles. The summed E-state index contributed by atoms with van der Waals surface area (Å²) in [5.74, 6) is 0. The maximum atomic E-state index is 3.61. The highest BCUT2D eigenvalue weighted by Gasteiger charge is 2.02. The van der Waals surface area contributed by atoms with Crippen LogP contribution in [0.4, 0.5) is 0 Å². The van der Waals surface area contributed by atoms with Crippen LogP contribution in [-0.4, -0.2) is 38.3 Å². The van der Waals surface area contributed by atoms with E-state index in [0.717, 1.165) is 39.3 Å². The third kappa shape index (κ3) is 14.9. The van der Waals surface area contributed by atoms with Crippen LogP contribution in [0.5, 0.6) is 0 Å². The first-order valence-corrected chi connectivity index (χ1v) is 13.2. The Balaban J connectivity index is 1.28. The zero-order valence-electron chi connectivity index (χ0n) is 21.1. The summed E-state index contributed by atoms with van der Waals surface area (Å²) in [6.07, 6.45) is 8.99. The molecule has 2 unspecified atom stereocenters. The Labute approximate surface area is 203 Å². The molecular formula is C29H48N4. The van der Waals surface area contributed by atoms with Crippen molar-refractivity contribution in [3.63, 3.8) is 0 Å². The van der Waals surface area contributed by atoms with Crippen LogP contribution in [0.15, 0.2) is 60.7 Å². The Hall–Kier alpha value is -1.72. The Morgan fingerprint density at radius 1 is 0.515 bits per heavy atom. The van der Waals surface area contributed by atoms with Gasteiger partial charge in [0.05, 0.1) is 0 Å². The molecule has 0 spiro atoms. The van der Waals surface area contributed by atoms with Gasteiger partial charge in [-0.15, -0.1) is 0 Å². The summed E-state index contributed by atoms with van der Waals surface area (Å²) < 4.78 is 0. The van der Waals surface area contributed by atoms with E-state index in [9.17, 15) is 0 Å². The lowest BCUT2D eigenvalue weighted by Crippen LogP contribution is -2.30. The van der Waals surface area contributed by atoms with Gasteiger partial charge in [0.1, 0.15) is 0 Å². The van der Waals surface area contributed by atoms with Gasteiger partial charge < -0.3 is 21.3 Å². The molecule has 0 heterocycles. The molecule has 0 radical (unpaired) electrons. The van der Waals surface area contributed by atoms with Crippen LogP contribution in [-0.2, 0) is 13.1 Å². The van der Waals surface area contributed by atoms with Crippen molar-refractivity contribution in [1.29, 1.82) is 0 Å². The number of hydrogen-bond donors (Lipinski definition) is 4. The van der Waals surface area contributed by atoms with Crippen LogP contribution in [0.3, 0.4) is 0 Å². The van der Waals surface area contributed by atoms with Crippen molar-refractivity contribution < 1.29 is 0 Å². The zero-order valence-corrected chi connectivity index (χ0v) is 21.1. The molecular weight excluding hydrogens is 404 g/mol. The summed E-state index contributed by atoms with van der Waals surface area (Å²) in [7, 11) is 0. The molecule has 33 heavy (non-hydrogen) atoms. The van der Waals surface area contributed by atoms with Gasteiger partial charge in [0, 0.05) is 25.2 Å². The first-order chi connectivity index (χ1) is 16.2. The second kappa shape index (κ2) is 18.7. The first kappa shape index (κ1) is 27.5. The normalized spacial score (nSPS) is 13.2. The van der Waals surface area contributed by atoms with Crippen molar-refractivity contribution in [2.75, 3.05) is 26.2 Å². The van der Waals surface area contributed by atoms with Gasteiger partial charge >= 0.3 is 0 Å². The first-order valence-electron chi connectivity index (χ1n) is 13.2. The SMILES string of the molecule is CC(CCNCCCCCCCNCCC(C)NCc1ccccc1)NCc1ccccc1. The molecule has 0 bridgehead atoms. The third-order valence-corrected chi connectivity index (χ3v) is 6.21. The molecule has 4 heteroatoms. The lowest BCUT2D eigenvalue weighted by molar-refractivity contribution is 0.479. The molecule has 4 N–H and O–H groups in total. The summed E-state index contributed by atoms with van der Waals surface area (Å²) in [6, 6.07) is 22.4. The average Bonchev–Trinajstić information content (AvgIpc) is 2.85. The van der Waals surface area contributed by atoms with Crippen molar-refractivity contribution in [3.05, 3.63) is 71.8 Å². The van der Waals surface area contributed by atoms with Gasteiger partial charge in [-0.25, -0.2) is 0 Å². The monoisotopic (exact) mass is 452 g/mol. The molecule has 4 nitrogen and oxygen atoms in total. The van der Waals surface area contributed by atoms with E-state index in [1.807, 2.05) is 0 Å². The summed E-state index contributed by atoms with van der Waals surface area (Å²) in [5, 5.41) is 14.4. The molecule has 2 atom stereocenters. The lowest BCUT2D eigenvalue weighted by Gasteiger charge is -2.14. The molecule has 0 amide bonds. The number of hydrogen-bond acceptors (Lipinski definition) is 4. The number of benzene rings is 2. The Kier molecular flexibility index (Phi) is 15.6. The predicted octanol–water partition coefficient (Wildman–Crippen LogP) is 5.25. The molecule has 0 fully saturated rings. The van der Waals surface area contributed by atoms with Crippen molar-refractivity contribution in [2.24, 2.45) is 0 Å². The van der Waals surface area contributed by atoms with E-state index < -0.39 is 0 Å². The second-order valence-corrected chi connectivity index (χ2v) is 9.38. The van der Waals surface area contributed by atoms with Gasteiger partial charge in [0.25, 0.3) is 0 Å². The van der Waals surface area contributed by atoms with Gasteiger partial charge in [-0.2, -0.15) is 0 Å². The molecule has 0 aromatic heterocycles. The smallest absolute Gasteiger partial charge is 0.0207 e. The molecule has 0 aliphatic heterocycles. The van der Waals surface area contributed by atoms with Gasteiger partial charge in [0.2, 0.25) is 0 Å². The van der Waals surface area contributed by atoms with Crippen molar-refractivity contribution in [2.45, 2.75) is 84.0 Å². The predicted molar refractivity (Wildman–Crippen MR) is 144 cm³/mol. The summed E-state index contributed by atoms with van der Waals surface area (Å²) in [6.45, 7) is 11.0. The average molecular weight is 453 g/mol. The second-order valence-electron chi connectivity index (χ2n) is 9.38. The van der Waals surface area contributed by atoms with Gasteiger partial charge in [-0.05, 0) is 76.8 Å². The van der Waals surface area contributed by atoms with E-state index in [0.29, 0.717) is 12.1 Å². The van der Waals surface area contributed by atoms with Gasteiger partial charge in [-0.3, -0.25) is 0 Å². The summed E-state index contributed by atoms with van der Waals surface area (Å²) in [5.41, 5.74) is 2.72. The maximum Gasteiger partial charge on any atom is 0.0207 e. The van der Waals surface area contributed by atoms with E-state index in [-0.39, 0.29) is 0 Å². The Morgan fingerprint density at radius 3 is 1.33 bits per heavy atom. The van der Waals surface area contributed by atoms with Crippen LogP contribution in [0.1, 0.15) is 69.9 Å². The van der Waals surface area contributed by atoms with Gasteiger partial charge in [-0.1, -0.05) is 79.9 Å². The molecule has 0 saturated heterocycles. The molecule has 184 valence electrons. The third-order valence-electron chi connectivity index (χ3n) is 6.21.